The van der Waals surface area contributed by atoms with E-state index >= 15 is 0 Å². The molecule has 0 aliphatic heterocycles. The average molecular weight is 401 g/mol. The maximum Gasteiger partial charge on any atom is 0.338 e. The third kappa shape index (κ3) is 4.77. The zero-order chi connectivity index (χ0) is 21.5. The van der Waals surface area contributed by atoms with Crippen LogP contribution in [0, 0.1) is 11.3 Å². The summed E-state index contributed by atoms with van der Waals surface area (Å²) in [5, 5.41) is 16.6. The van der Waals surface area contributed by atoms with Crippen molar-refractivity contribution < 1.29 is 14.3 Å². The molecule has 8 heteroatoms. The fourth-order valence-electron chi connectivity index (χ4n) is 2.75. The zero-order valence-corrected chi connectivity index (χ0v) is 16.5. The second kappa shape index (κ2) is 9.30. The van der Waals surface area contributed by atoms with Crippen LogP contribution in [0.2, 0.25) is 0 Å². The minimum absolute atomic E-state index is 0.0761. The molecule has 0 spiro atoms. The van der Waals surface area contributed by atoms with Gasteiger partial charge in [-0.25, -0.2) is 4.79 Å². The van der Waals surface area contributed by atoms with Crippen LogP contribution in [0.1, 0.15) is 22.8 Å². The van der Waals surface area contributed by atoms with Gasteiger partial charge < -0.3 is 10.1 Å². The van der Waals surface area contributed by atoms with Crippen LogP contribution in [0.15, 0.2) is 60.6 Å². The molecule has 0 saturated carbocycles. The lowest BCUT2D eigenvalue weighted by atomic mass is 10.1. The molecule has 3 rings (SSSR count). The Morgan fingerprint density at radius 1 is 1.20 bits per heavy atom. The van der Waals surface area contributed by atoms with E-state index in [1.807, 2.05) is 6.07 Å². The Balaban J connectivity index is 1.82. The van der Waals surface area contributed by atoms with Crippen LogP contribution in [0.3, 0.4) is 0 Å². The molecule has 1 aromatic carbocycles. The van der Waals surface area contributed by atoms with Gasteiger partial charge in [-0.2, -0.15) is 10.4 Å². The molecule has 150 valence electrons. The summed E-state index contributed by atoms with van der Waals surface area (Å²) in [4.78, 5) is 28.3. The van der Waals surface area contributed by atoms with E-state index in [2.05, 4.69) is 15.4 Å². The van der Waals surface area contributed by atoms with E-state index in [1.165, 1.54) is 6.08 Å². The van der Waals surface area contributed by atoms with Gasteiger partial charge in [0.15, 0.2) is 0 Å². The number of aromatic nitrogens is 3. The SMILES string of the molecule is CCOC(=O)c1ccc(NC(=O)/C(C#N)=C\c2cn(C)nc2-c2ccncc2)cc1. The van der Waals surface area contributed by atoms with Crippen molar-refractivity contribution >= 4 is 23.6 Å². The Labute approximate surface area is 173 Å². The maximum absolute atomic E-state index is 12.6. The molecule has 0 atom stereocenters. The first-order chi connectivity index (χ1) is 14.5. The molecular formula is C22H19N5O3. The van der Waals surface area contributed by atoms with Gasteiger partial charge in [0.1, 0.15) is 11.6 Å². The molecule has 0 bridgehead atoms. The molecule has 0 radical (unpaired) electrons. The Bertz CT molecular complexity index is 1130. The van der Waals surface area contributed by atoms with Gasteiger partial charge in [-0.1, -0.05) is 0 Å². The lowest BCUT2D eigenvalue weighted by Gasteiger charge is -2.06. The lowest BCUT2D eigenvalue weighted by molar-refractivity contribution is -0.112. The second-order valence-corrected chi connectivity index (χ2v) is 6.26. The summed E-state index contributed by atoms with van der Waals surface area (Å²) < 4.78 is 6.54. The number of carbonyl (C=O) groups is 2. The van der Waals surface area contributed by atoms with Crippen molar-refractivity contribution in [3.05, 3.63) is 71.7 Å². The predicted octanol–water partition coefficient (Wildman–Crippen LogP) is 3.20. The summed E-state index contributed by atoms with van der Waals surface area (Å²) in [7, 11) is 1.76. The van der Waals surface area contributed by atoms with Crippen molar-refractivity contribution in [1.82, 2.24) is 14.8 Å². The minimum atomic E-state index is -0.564. The first-order valence-electron chi connectivity index (χ1n) is 9.16. The largest absolute Gasteiger partial charge is 0.462 e. The molecule has 3 aromatic rings. The zero-order valence-electron chi connectivity index (χ0n) is 16.5. The van der Waals surface area contributed by atoms with Crippen LogP contribution in [0.4, 0.5) is 5.69 Å². The van der Waals surface area contributed by atoms with Gasteiger partial charge in [0.2, 0.25) is 0 Å². The summed E-state index contributed by atoms with van der Waals surface area (Å²) in [6.45, 7) is 2.01. The number of carbonyl (C=O) groups excluding carboxylic acids is 2. The van der Waals surface area contributed by atoms with Gasteiger partial charge in [0.25, 0.3) is 5.91 Å². The van der Waals surface area contributed by atoms with Gasteiger partial charge in [-0.05, 0) is 49.4 Å². The maximum atomic E-state index is 12.6. The number of benzene rings is 1. The number of hydrogen-bond donors (Lipinski definition) is 1. The van der Waals surface area contributed by atoms with E-state index in [-0.39, 0.29) is 12.2 Å². The number of hydrogen-bond acceptors (Lipinski definition) is 6. The quantitative estimate of drug-likeness (QED) is 0.386. The number of amides is 1. The number of esters is 1. The molecule has 0 aliphatic carbocycles. The molecule has 8 nitrogen and oxygen atoms in total. The molecule has 1 amide bonds. The molecule has 0 fully saturated rings. The Hall–Kier alpha value is -4.25. The number of pyridine rings is 1. The van der Waals surface area contributed by atoms with E-state index in [4.69, 9.17) is 4.74 Å². The Morgan fingerprint density at radius 2 is 1.90 bits per heavy atom. The topological polar surface area (TPSA) is 110 Å². The summed E-state index contributed by atoms with van der Waals surface area (Å²) >= 11 is 0. The lowest BCUT2D eigenvalue weighted by Crippen LogP contribution is -2.13. The second-order valence-electron chi connectivity index (χ2n) is 6.26. The molecule has 0 unspecified atom stereocenters. The smallest absolute Gasteiger partial charge is 0.338 e. The van der Waals surface area contributed by atoms with Crippen LogP contribution in [-0.2, 0) is 16.6 Å². The Kier molecular flexibility index (Phi) is 6.35. The van der Waals surface area contributed by atoms with E-state index in [1.54, 1.807) is 73.6 Å². The van der Waals surface area contributed by atoms with Gasteiger partial charge >= 0.3 is 5.97 Å². The Morgan fingerprint density at radius 3 is 2.53 bits per heavy atom. The van der Waals surface area contributed by atoms with Gasteiger partial charge in [-0.15, -0.1) is 0 Å². The van der Waals surface area contributed by atoms with Crippen molar-refractivity contribution in [3.63, 3.8) is 0 Å². The third-order valence-corrected chi connectivity index (χ3v) is 4.13. The normalized spacial score (nSPS) is 10.9. The summed E-state index contributed by atoms with van der Waals surface area (Å²) in [6.07, 6.45) is 6.52. The molecule has 0 aliphatic rings. The standard InChI is InChI=1S/C22H19N5O3/c1-3-30-22(29)16-4-6-19(7-5-16)25-21(28)17(13-23)12-18-14-27(2)26-20(18)15-8-10-24-11-9-15/h4-12,14H,3H2,1-2H3,(H,25,28)/b17-12-. The van der Waals surface area contributed by atoms with E-state index in [9.17, 15) is 14.9 Å². The first-order valence-corrected chi connectivity index (χ1v) is 9.16. The predicted molar refractivity (Wildman–Crippen MR) is 111 cm³/mol. The highest BCUT2D eigenvalue weighted by molar-refractivity contribution is 6.10. The van der Waals surface area contributed by atoms with Crippen LogP contribution in [-0.4, -0.2) is 33.2 Å². The van der Waals surface area contributed by atoms with Gasteiger partial charge in [-0.3, -0.25) is 14.5 Å². The minimum Gasteiger partial charge on any atom is -0.462 e. The number of aryl methyl sites for hydroxylation is 1. The molecule has 0 saturated heterocycles. The number of nitrogens with zero attached hydrogens (tertiary/aromatic N) is 4. The molecule has 2 aromatic heterocycles. The van der Waals surface area contributed by atoms with Crippen molar-refractivity contribution in [2.75, 3.05) is 11.9 Å². The highest BCUT2D eigenvalue weighted by Gasteiger charge is 2.14. The van der Waals surface area contributed by atoms with Crippen molar-refractivity contribution in [1.29, 1.82) is 5.26 Å². The van der Waals surface area contributed by atoms with Crippen LogP contribution < -0.4 is 5.32 Å². The van der Waals surface area contributed by atoms with Gasteiger partial charge in [0, 0.05) is 42.5 Å². The average Bonchev–Trinajstić information content (AvgIpc) is 3.13. The van der Waals surface area contributed by atoms with Crippen molar-refractivity contribution in [3.8, 4) is 17.3 Å². The summed E-state index contributed by atoms with van der Waals surface area (Å²) in [5.41, 5.74) is 2.85. The summed E-state index contributed by atoms with van der Waals surface area (Å²) in [6, 6.07) is 11.8. The number of anilines is 1. The molecular weight excluding hydrogens is 382 g/mol. The first kappa shape index (κ1) is 20.5. The van der Waals surface area contributed by atoms with Crippen molar-refractivity contribution in [2.24, 2.45) is 7.05 Å². The van der Waals surface area contributed by atoms with Crippen LogP contribution >= 0.6 is 0 Å². The molecule has 1 N–H and O–H groups in total. The third-order valence-electron chi connectivity index (χ3n) is 4.13. The highest BCUT2D eigenvalue weighted by Crippen LogP contribution is 2.23. The molecule has 30 heavy (non-hydrogen) atoms. The van der Waals surface area contributed by atoms with Crippen LogP contribution in [0.25, 0.3) is 17.3 Å². The number of ether oxygens (including phenoxy) is 1. The van der Waals surface area contributed by atoms with E-state index in [0.29, 0.717) is 22.5 Å². The number of rotatable bonds is 6. The van der Waals surface area contributed by atoms with Crippen molar-refractivity contribution in [2.45, 2.75) is 6.92 Å². The van der Waals surface area contributed by atoms with E-state index in [0.717, 1.165) is 5.56 Å². The fourth-order valence-corrected chi connectivity index (χ4v) is 2.75. The molecule has 2 heterocycles. The number of nitrogens with one attached hydrogen (secondary N) is 1. The fraction of sp³-hybridized carbons (Fsp3) is 0.136. The summed E-state index contributed by atoms with van der Waals surface area (Å²) in [5.74, 6) is -1.00. The van der Waals surface area contributed by atoms with Gasteiger partial charge in [0.05, 0.1) is 17.9 Å². The number of nitriles is 1. The van der Waals surface area contributed by atoms with E-state index < -0.39 is 11.9 Å². The highest BCUT2D eigenvalue weighted by atomic mass is 16.5. The monoisotopic (exact) mass is 401 g/mol. The van der Waals surface area contributed by atoms with Crippen LogP contribution in [0.5, 0.6) is 0 Å².